The summed E-state index contributed by atoms with van der Waals surface area (Å²) in [6, 6.07) is 37.3. The lowest BCUT2D eigenvalue weighted by atomic mass is 9.58. The van der Waals surface area contributed by atoms with Gasteiger partial charge in [0, 0.05) is 40.1 Å². The molecule has 0 N–H and O–H groups in total. The first-order valence-electron chi connectivity index (χ1n) is 24.2. The van der Waals surface area contributed by atoms with Crippen molar-refractivity contribution in [1.29, 1.82) is 0 Å². The van der Waals surface area contributed by atoms with Crippen LogP contribution in [0.3, 0.4) is 0 Å². The number of benzene rings is 5. The third-order valence-corrected chi connectivity index (χ3v) is 17.8. The third kappa shape index (κ3) is 8.61. The van der Waals surface area contributed by atoms with Gasteiger partial charge in [-0.2, -0.15) is 0 Å². The molecule has 0 saturated heterocycles. The highest BCUT2D eigenvalue weighted by Crippen LogP contribution is 2.51. The highest BCUT2D eigenvalue weighted by molar-refractivity contribution is 6.83. The number of hydrogen-bond donors (Lipinski definition) is 0. The highest BCUT2D eigenvalue weighted by atomic mass is 28.3. The molecule has 1 saturated carbocycles. The van der Waals surface area contributed by atoms with E-state index in [1.165, 1.54) is 55.2 Å². The van der Waals surface area contributed by atoms with E-state index in [0.29, 0.717) is 12.0 Å². The van der Waals surface area contributed by atoms with Gasteiger partial charge in [-0.05, 0) is 127 Å². The van der Waals surface area contributed by atoms with Crippen LogP contribution in [0.4, 0.5) is 0 Å². The van der Waals surface area contributed by atoms with E-state index in [1.54, 1.807) is 5.20 Å². The van der Waals surface area contributed by atoms with Crippen LogP contribution in [0, 0.1) is 11.3 Å². The smallest absolute Gasteiger partial charge is 0.145 e. The van der Waals surface area contributed by atoms with Gasteiger partial charge in [-0.3, -0.25) is 4.99 Å². The summed E-state index contributed by atoms with van der Waals surface area (Å²) in [6.45, 7) is 20.0. The molecule has 4 atom stereocenters. The number of fused-ring (bicyclic) bond motifs is 8. The molecule has 1 aliphatic carbocycles. The van der Waals surface area contributed by atoms with Crippen LogP contribution < -0.4 is 0 Å². The summed E-state index contributed by atoms with van der Waals surface area (Å²) in [4.78, 5) is 8.08. The monoisotopic (exact) mass is 865 g/mol. The summed E-state index contributed by atoms with van der Waals surface area (Å²) in [6.07, 6.45) is 18.9. The van der Waals surface area contributed by atoms with Crippen molar-refractivity contribution in [1.82, 2.24) is 4.90 Å². The first-order valence-corrected chi connectivity index (χ1v) is 27.7. The predicted octanol–water partition coefficient (Wildman–Crippen LogP) is 16.6. The molecule has 2 aromatic heterocycles. The summed E-state index contributed by atoms with van der Waals surface area (Å²) in [7, 11) is 0.709. The van der Waals surface area contributed by atoms with Crippen molar-refractivity contribution in [2.75, 3.05) is 13.6 Å². The number of rotatable bonds is 13. The van der Waals surface area contributed by atoms with Gasteiger partial charge in [0.15, 0.2) is 0 Å². The Morgan fingerprint density at radius 1 is 0.812 bits per heavy atom. The number of likely N-dealkylation sites (N-methyl/N-ethyl adjacent to an activating group) is 1. The Morgan fingerprint density at radius 3 is 2.31 bits per heavy atom. The van der Waals surface area contributed by atoms with Crippen molar-refractivity contribution in [2.45, 2.75) is 117 Å². The van der Waals surface area contributed by atoms with Gasteiger partial charge >= 0.3 is 0 Å². The Kier molecular flexibility index (Phi) is 12.5. The van der Waals surface area contributed by atoms with Crippen LogP contribution in [0.1, 0.15) is 101 Å². The molecular weight excluding hydrogens is 797 g/mol. The van der Waals surface area contributed by atoms with Crippen molar-refractivity contribution >= 4 is 57.7 Å². The van der Waals surface area contributed by atoms with Crippen molar-refractivity contribution in [3.8, 4) is 11.1 Å². The largest absolute Gasteiger partial charge is 0.456 e. The van der Waals surface area contributed by atoms with Gasteiger partial charge in [-0.25, -0.2) is 0 Å². The zero-order chi connectivity index (χ0) is 44.6. The average molecular weight is 865 g/mol. The number of nitrogens with zero attached hydrogens (tertiary/aromatic N) is 2. The lowest BCUT2D eigenvalue weighted by Crippen LogP contribution is -2.38. The van der Waals surface area contributed by atoms with Crippen LogP contribution in [-0.2, 0) is 6.42 Å². The molecule has 4 nitrogen and oxygen atoms in total. The molecule has 64 heavy (non-hydrogen) atoms. The van der Waals surface area contributed by atoms with Gasteiger partial charge in [0.1, 0.15) is 22.3 Å². The van der Waals surface area contributed by atoms with Gasteiger partial charge in [-0.15, -0.1) is 0 Å². The van der Waals surface area contributed by atoms with Gasteiger partial charge in [-0.1, -0.05) is 150 Å². The number of hydrogen-bond acceptors (Lipinski definition) is 4. The fourth-order valence-corrected chi connectivity index (χ4v) is 12.8. The van der Waals surface area contributed by atoms with Crippen LogP contribution in [0.2, 0.25) is 19.6 Å². The molecule has 3 heterocycles. The van der Waals surface area contributed by atoms with E-state index in [9.17, 15) is 0 Å². The predicted molar refractivity (Wildman–Crippen MR) is 276 cm³/mol. The molecule has 2 aliphatic rings. The van der Waals surface area contributed by atoms with Crippen molar-refractivity contribution < 1.29 is 8.83 Å². The Labute approximate surface area is 382 Å². The summed E-state index contributed by atoms with van der Waals surface area (Å²) >= 11 is 0. The molecule has 9 rings (SSSR count). The number of unbranched alkanes of at least 4 members (excludes halogenated alkanes) is 2. The molecule has 5 heteroatoms. The Hall–Kier alpha value is -5.39. The fourth-order valence-electron chi connectivity index (χ4n) is 11.1. The second-order valence-electron chi connectivity index (χ2n) is 20.3. The van der Waals surface area contributed by atoms with Crippen molar-refractivity contribution in [3.63, 3.8) is 0 Å². The summed E-state index contributed by atoms with van der Waals surface area (Å²) in [5, 5.41) is 6.15. The molecule has 5 aromatic carbocycles. The molecule has 4 unspecified atom stereocenters. The summed E-state index contributed by atoms with van der Waals surface area (Å²) in [5.74, 6) is 1.02. The van der Waals surface area contributed by atoms with Crippen LogP contribution in [0.5, 0.6) is 0 Å². The highest BCUT2D eigenvalue weighted by Gasteiger charge is 2.40. The normalized spacial score (nSPS) is 22.0. The van der Waals surface area contributed by atoms with Gasteiger partial charge in [0.2, 0.25) is 0 Å². The van der Waals surface area contributed by atoms with Crippen molar-refractivity contribution in [2.24, 2.45) is 16.3 Å². The number of para-hydroxylation sites is 1. The first kappa shape index (κ1) is 43.8. The second kappa shape index (κ2) is 18.2. The number of furan rings is 2. The minimum Gasteiger partial charge on any atom is -0.456 e. The molecule has 1 fully saturated rings. The maximum Gasteiger partial charge on any atom is 0.145 e. The summed E-state index contributed by atoms with van der Waals surface area (Å²) in [5.41, 5.74) is 12.4. The molecule has 0 bridgehead atoms. The minimum atomic E-state index is -1.57. The standard InChI is InChI=1S/C59H68N2O2Si/c1-9-46(64(6,7)8)39-61(5)57-40(3)38-60-52(24-17-12-11-16-22-45-34-35-59(45,4)10-2)56-42(26-30-47(57)44-29-32-49-48-23-18-19-25-53(48)62-54(49)37-44)27-33-51-50-31-28-43(36-55(50)63-58(51)56)41-20-14-13-15-21-41/h13-15,17-21,23-25,27-29,31-33,36-37,39,45,47,57H,3,9-12,16,22,26,30,34-35,38H2,1-2,4-8H3/b24-17-,46-39+,60-52-. The number of allylic oxidation sites excluding steroid dienone is 3. The van der Waals surface area contributed by atoms with E-state index in [4.69, 9.17) is 20.4 Å². The maximum absolute atomic E-state index is 7.03. The van der Waals surface area contributed by atoms with Gasteiger partial charge in [0.05, 0.1) is 26.4 Å². The molecule has 1 aliphatic heterocycles. The Bertz CT molecular complexity index is 2900. The first-order chi connectivity index (χ1) is 31.0. The van der Waals surface area contributed by atoms with Gasteiger partial charge < -0.3 is 13.7 Å². The minimum absolute atomic E-state index is 0.0295. The summed E-state index contributed by atoms with van der Waals surface area (Å²) < 4.78 is 13.6. The number of aliphatic imine (C=N–C) groups is 1. The van der Waals surface area contributed by atoms with Crippen LogP contribution in [-0.4, -0.2) is 38.3 Å². The number of aryl methyl sites for hydroxylation is 1. The van der Waals surface area contributed by atoms with E-state index in [2.05, 4.69) is 174 Å². The van der Waals surface area contributed by atoms with E-state index >= 15 is 0 Å². The third-order valence-electron chi connectivity index (χ3n) is 15.3. The SMILES string of the molecule is C=C1C/N=C(/C=C\CCCCC2CCC2(C)CC)c2c(ccc3c2oc2cc(-c4ccccc4)ccc23)CCC(c2ccc3c(c2)oc2ccccc23)C1N(C)/C=C(\CC)[Si](C)(C)C. The van der Waals surface area contributed by atoms with E-state index in [0.717, 1.165) is 97.9 Å². The molecular formula is C59H68N2O2Si. The van der Waals surface area contributed by atoms with E-state index < -0.39 is 8.07 Å². The maximum atomic E-state index is 7.03. The van der Waals surface area contributed by atoms with Crippen LogP contribution in [0.15, 0.2) is 153 Å². The van der Waals surface area contributed by atoms with Crippen LogP contribution >= 0.6 is 0 Å². The molecule has 330 valence electrons. The van der Waals surface area contributed by atoms with Crippen molar-refractivity contribution in [3.05, 3.63) is 156 Å². The molecule has 0 radical (unpaired) electrons. The Morgan fingerprint density at radius 2 is 1.55 bits per heavy atom. The zero-order valence-corrected chi connectivity index (χ0v) is 40.5. The lowest BCUT2D eigenvalue weighted by Gasteiger charge is -2.47. The van der Waals surface area contributed by atoms with E-state index in [-0.39, 0.29) is 12.0 Å². The van der Waals surface area contributed by atoms with Gasteiger partial charge in [0.25, 0.3) is 0 Å². The molecule has 0 amide bonds. The average Bonchev–Trinajstić information content (AvgIpc) is 3.86. The molecule has 0 spiro atoms. The molecule has 7 aromatic rings. The second-order valence-corrected chi connectivity index (χ2v) is 25.5. The Balaban J connectivity index is 1.14. The quantitative estimate of drug-likeness (QED) is 0.0659. The fraction of sp³-hybridized carbons (Fsp3) is 0.373. The van der Waals surface area contributed by atoms with Crippen LogP contribution in [0.25, 0.3) is 55.0 Å². The lowest BCUT2D eigenvalue weighted by molar-refractivity contribution is 0.0374. The van der Waals surface area contributed by atoms with E-state index in [1.807, 2.05) is 0 Å². The zero-order valence-electron chi connectivity index (χ0n) is 39.5. The topological polar surface area (TPSA) is 41.9 Å².